The van der Waals surface area contributed by atoms with Gasteiger partial charge in [0, 0.05) is 18.3 Å². The van der Waals surface area contributed by atoms with Crippen LogP contribution in [0, 0.1) is 5.82 Å². The van der Waals surface area contributed by atoms with Crippen molar-refractivity contribution in [1.29, 1.82) is 0 Å². The Hall–Kier alpha value is -2.94. The first kappa shape index (κ1) is 20.8. The highest BCUT2D eigenvalue weighted by Crippen LogP contribution is 2.21. The van der Waals surface area contributed by atoms with E-state index in [4.69, 9.17) is 10.5 Å². The maximum Gasteiger partial charge on any atom is 0.340 e. The summed E-state index contributed by atoms with van der Waals surface area (Å²) in [6.45, 7) is -0.366. The van der Waals surface area contributed by atoms with Crippen LogP contribution in [0.1, 0.15) is 22.3 Å². The second-order valence-electron chi connectivity index (χ2n) is 6.87. The molecule has 0 bridgehead atoms. The lowest BCUT2D eigenvalue weighted by Gasteiger charge is -2.28. The second kappa shape index (κ2) is 8.60. The highest BCUT2D eigenvalue weighted by molar-refractivity contribution is 7.91. The molecule has 2 aromatic carbocycles. The van der Waals surface area contributed by atoms with E-state index in [9.17, 15) is 22.4 Å². The molecule has 0 saturated carbocycles. The number of anilines is 1. The summed E-state index contributed by atoms with van der Waals surface area (Å²) in [4.78, 5) is 26.4. The molecule has 1 aliphatic rings. The molecule has 29 heavy (non-hydrogen) atoms. The van der Waals surface area contributed by atoms with Crippen molar-refractivity contribution >= 4 is 27.4 Å². The molecule has 0 radical (unpaired) electrons. The fourth-order valence-corrected chi connectivity index (χ4v) is 4.96. The predicted molar refractivity (Wildman–Crippen MR) is 105 cm³/mol. The lowest BCUT2D eigenvalue weighted by atomic mass is 10.1. The van der Waals surface area contributed by atoms with Crippen LogP contribution in [0.15, 0.2) is 48.5 Å². The van der Waals surface area contributed by atoms with Crippen LogP contribution in [0.5, 0.6) is 0 Å². The average Bonchev–Trinajstić information content (AvgIpc) is 3.04. The lowest BCUT2D eigenvalue weighted by molar-refractivity contribution is -0.137. The van der Waals surface area contributed by atoms with E-state index < -0.39 is 40.2 Å². The molecule has 1 atom stereocenters. The summed E-state index contributed by atoms with van der Waals surface area (Å²) in [7, 11) is -3.20. The number of rotatable bonds is 6. The molecular formula is C20H21FN2O5S. The zero-order valence-corrected chi connectivity index (χ0v) is 16.4. The highest BCUT2D eigenvalue weighted by Gasteiger charge is 2.35. The zero-order chi connectivity index (χ0) is 21.0. The van der Waals surface area contributed by atoms with Gasteiger partial charge in [-0.05, 0) is 30.2 Å². The molecule has 1 heterocycles. The first-order chi connectivity index (χ1) is 13.7. The van der Waals surface area contributed by atoms with Gasteiger partial charge in [0.15, 0.2) is 16.4 Å². The minimum atomic E-state index is -3.20. The Labute approximate surface area is 168 Å². The van der Waals surface area contributed by atoms with Crippen LogP contribution >= 0.6 is 0 Å². The smallest absolute Gasteiger partial charge is 0.340 e. The summed E-state index contributed by atoms with van der Waals surface area (Å²) >= 11 is 0. The fourth-order valence-electron chi connectivity index (χ4n) is 3.23. The van der Waals surface area contributed by atoms with Gasteiger partial charge in [-0.1, -0.05) is 30.3 Å². The molecule has 1 aliphatic heterocycles. The topological polar surface area (TPSA) is 107 Å². The molecule has 9 heteroatoms. The summed E-state index contributed by atoms with van der Waals surface area (Å²) < 4.78 is 41.9. The number of amides is 1. The number of hydrogen-bond acceptors (Lipinski definition) is 6. The number of nitrogen functional groups attached to an aromatic ring is 1. The maximum atomic E-state index is 13.1. The molecule has 0 spiro atoms. The molecule has 0 aromatic heterocycles. The van der Waals surface area contributed by atoms with Crippen molar-refractivity contribution in [2.45, 2.75) is 19.0 Å². The van der Waals surface area contributed by atoms with E-state index in [2.05, 4.69) is 0 Å². The van der Waals surface area contributed by atoms with Gasteiger partial charge in [0.1, 0.15) is 5.82 Å². The van der Waals surface area contributed by atoms with Gasteiger partial charge >= 0.3 is 5.97 Å². The average molecular weight is 420 g/mol. The van der Waals surface area contributed by atoms with Gasteiger partial charge in [0.2, 0.25) is 0 Å². The Morgan fingerprint density at radius 2 is 1.90 bits per heavy atom. The van der Waals surface area contributed by atoms with E-state index in [1.54, 1.807) is 0 Å². The molecule has 1 fully saturated rings. The SMILES string of the molecule is Nc1cc(F)ccc1C(=O)OCC(=O)N(Cc1ccccc1)[C@H]1CCS(=O)(=O)C1. The number of sulfone groups is 1. The lowest BCUT2D eigenvalue weighted by Crippen LogP contribution is -2.42. The second-order valence-corrected chi connectivity index (χ2v) is 9.10. The summed E-state index contributed by atoms with van der Waals surface area (Å²) in [5.74, 6) is -2.06. The van der Waals surface area contributed by atoms with E-state index in [0.29, 0.717) is 6.42 Å². The monoisotopic (exact) mass is 420 g/mol. The van der Waals surface area contributed by atoms with Crippen LogP contribution in [0.2, 0.25) is 0 Å². The van der Waals surface area contributed by atoms with Crippen LogP contribution < -0.4 is 5.73 Å². The molecule has 2 aromatic rings. The largest absolute Gasteiger partial charge is 0.452 e. The van der Waals surface area contributed by atoms with Crippen LogP contribution in [0.4, 0.5) is 10.1 Å². The van der Waals surface area contributed by atoms with Crippen molar-refractivity contribution in [3.05, 3.63) is 65.5 Å². The van der Waals surface area contributed by atoms with Crippen molar-refractivity contribution in [2.24, 2.45) is 0 Å². The molecule has 3 rings (SSSR count). The van der Waals surface area contributed by atoms with Crippen LogP contribution in [-0.4, -0.2) is 49.3 Å². The standard InChI is InChI=1S/C20H21FN2O5S/c21-15-6-7-17(18(22)10-15)20(25)28-12-19(24)23(11-14-4-2-1-3-5-14)16-8-9-29(26,27)13-16/h1-7,10,16H,8-9,11-13,22H2/t16-/m0/s1. The Balaban J connectivity index is 1.71. The maximum absolute atomic E-state index is 13.1. The molecule has 2 N–H and O–H groups in total. The molecule has 1 saturated heterocycles. The predicted octanol–water partition coefficient (Wildman–Crippen LogP) is 1.78. The van der Waals surface area contributed by atoms with Gasteiger partial charge in [-0.3, -0.25) is 4.79 Å². The summed E-state index contributed by atoms with van der Waals surface area (Å²) in [5.41, 5.74) is 6.31. The van der Waals surface area contributed by atoms with Gasteiger partial charge < -0.3 is 15.4 Å². The minimum absolute atomic E-state index is 0.0160. The summed E-state index contributed by atoms with van der Waals surface area (Å²) in [6.07, 6.45) is 0.333. The Morgan fingerprint density at radius 1 is 1.17 bits per heavy atom. The first-order valence-electron chi connectivity index (χ1n) is 9.01. The van der Waals surface area contributed by atoms with Gasteiger partial charge in [-0.2, -0.15) is 0 Å². The highest BCUT2D eigenvalue weighted by atomic mass is 32.2. The van der Waals surface area contributed by atoms with Crippen molar-refractivity contribution < 1.29 is 27.1 Å². The zero-order valence-electron chi connectivity index (χ0n) is 15.6. The minimum Gasteiger partial charge on any atom is -0.452 e. The van der Waals surface area contributed by atoms with E-state index >= 15 is 0 Å². The Morgan fingerprint density at radius 3 is 2.52 bits per heavy atom. The van der Waals surface area contributed by atoms with E-state index in [1.165, 1.54) is 11.0 Å². The number of ether oxygens (including phenoxy) is 1. The van der Waals surface area contributed by atoms with E-state index in [0.717, 1.165) is 17.7 Å². The van der Waals surface area contributed by atoms with Crippen molar-refractivity contribution in [2.75, 3.05) is 23.8 Å². The molecule has 7 nitrogen and oxygen atoms in total. The van der Waals surface area contributed by atoms with E-state index in [1.807, 2.05) is 30.3 Å². The Bertz CT molecular complexity index is 1010. The number of nitrogens with zero attached hydrogens (tertiary/aromatic N) is 1. The molecule has 154 valence electrons. The number of benzene rings is 2. The number of carbonyl (C=O) groups excluding carboxylic acids is 2. The third kappa shape index (κ3) is 5.32. The van der Waals surface area contributed by atoms with Crippen molar-refractivity contribution in [3.63, 3.8) is 0 Å². The quantitative estimate of drug-likeness (QED) is 0.564. The first-order valence-corrected chi connectivity index (χ1v) is 10.8. The van der Waals surface area contributed by atoms with E-state index in [-0.39, 0.29) is 29.3 Å². The van der Waals surface area contributed by atoms with Gasteiger partial charge in [0.25, 0.3) is 5.91 Å². The molecule has 0 unspecified atom stereocenters. The number of nitrogens with two attached hydrogens (primary N) is 1. The third-order valence-electron chi connectivity index (χ3n) is 4.73. The van der Waals surface area contributed by atoms with Gasteiger partial charge in [-0.25, -0.2) is 17.6 Å². The number of hydrogen-bond donors (Lipinski definition) is 1. The van der Waals surface area contributed by atoms with Crippen LogP contribution in [-0.2, 0) is 25.9 Å². The number of halogens is 1. The van der Waals surface area contributed by atoms with Gasteiger partial charge in [-0.15, -0.1) is 0 Å². The molecule has 0 aliphatic carbocycles. The molecular weight excluding hydrogens is 399 g/mol. The normalized spacial score (nSPS) is 17.6. The summed E-state index contributed by atoms with van der Waals surface area (Å²) in [6, 6.07) is 11.9. The van der Waals surface area contributed by atoms with Crippen molar-refractivity contribution in [3.8, 4) is 0 Å². The Kier molecular flexibility index (Phi) is 6.17. The molecule has 1 amide bonds. The van der Waals surface area contributed by atoms with Gasteiger partial charge in [0.05, 0.1) is 17.1 Å². The third-order valence-corrected chi connectivity index (χ3v) is 6.48. The fraction of sp³-hybridized carbons (Fsp3) is 0.300. The number of esters is 1. The summed E-state index contributed by atoms with van der Waals surface area (Å²) in [5, 5.41) is 0. The van der Waals surface area contributed by atoms with Crippen LogP contribution in [0.3, 0.4) is 0 Å². The van der Waals surface area contributed by atoms with Crippen LogP contribution in [0.25, 0.3) is 0 Å². The number of carbonyl (C=O) groups is 2. The van der Waals surface area contributed by atoms with Crippen molar-refractivity contribution in [1.82, 2.24) is 4.90 Å².